The summed E-state index contributed by atoms with van der Waals surface area (Å²) in [6.07, 6.45) is 4.42. The average Bonchev–Trinajstić information content (AvgIpc) is 1.37. The minimum absolute atomic E-state index is 1.46. The van der Waals surface area contributed by atoms with E-state index in [1.54, 1.807) is 5.92 Å². The maximum atomic E-state index is 7.39. The highest BCUT2D eigenvalue weighted by Crippen LogP contribution is 1.27. The predicted molar refractivity (Wildman–Crippen MR) is 14.4 cm³/mol. The van der Waals surface area contributed by atoms with Gasteiger partial charge in [-0.3, -0.25) is 0 Å². The summed E-state index contributed by atoms with van der Waals surface area (Å²) in [4.78, 5) is 0. The first-order chi connectivity index (χ1) is 1.91. The number of rotatable bonds is 0. The van der Waals surface area contributed by atoms with E-state index < -0.39 is 0 Å². The van der Waals surface area contributed by atoms with Gasteiger partial charge in [0.25, 0.3) is 0 Å². The molecule has 4 heavy (non-hydrogen) atoms. The second-order valence-electron chi connectivity index (χ2n) is 0.256. The van der Waals surface area contributed by atoms with E-state index in [1.807, 2.05) is 0 Å². The van der Waals surface area contributed by atoms with E-state index in [-0.39, 0.29) is 0 Å². The van der Waals surface area contributed by atoms with E-state index in [0.717, 1.165) is 0 Å². The molecule has 1 heteroatoms. The lowest BCUT2D eigenvalue weighted by Crippen LogP contribution is -1.26. The van der Waals surface area contributed by atoms with E-state index in [0.29, 0.717) is 0 Å². The lowest BCUT2D eigenvalue weighted by molar-refractivity contribution is 1.55. The summed E-state index contributed by atoms with van der Waals surface area (Å²) < 4.78 is 0. The fraction of sp³-hybridized carbons (Fsp3) is 0. The van der Waals surface area contributed by atoms with Crippen molar-refractivity contribution in [1.82, 2.24) is 0 Å². The largest absolute Gasteiger partial charge is 0.183 e. The third kappa shape index (κ3) is 1.05. The summed E-state index contributed by atoms with van der Waals surface area (Å²) in [5.41, 5.74) is 0. The summed E-state index contributed by atoms with van der Waals surface area (Å²) in [6, 6.07) is 1.46. The Hall–Kier alpha value is -0.950. The number of nitriles is 1. The topological polar surface area (TPSA) is 23.8 Å². The molecule has 0 aromatic rings. The standard InChI is InChI=1S/C3HN/c1-2-3-4/h1H/i1+1,3+1. The number of hydrogen-bond donors (Lipinski definition) is 0. The molecule has 0 aliphatic carbocycles. The lowest BCUT2D eigenvalue weighted by Gasteiger charge is -1.23. The summed E-state index contributed by atoms with van der Waals surface area (Å²) in [7, 11) is 0. The van der Waals surface area contributed by atoms with Gasteiger partial charge in [0.05, 0.1) is 0 Å². The van der Waals surface area contributed by atoms with E-state index in [4.69, 9.17) is 5.26 Å². The molecule has 0 amide bonds. The Labute approximate surface area is 24.9 Å². The van der Waals surface area contributed by atoms with Gasteiger partial charge in [-0.25, -0.2) is 0 Å². The van der Waals surface area contributed by atoms with Gasteiger partial charge in [-0.1, -0.05) is 0 Å². The van der Waals surface area contributed by atoms with Gasteiger partial charge in [0.15, 0.2) is 6.07 Å². The molecule has 1 nitrogen and oxygen atoms in total. The molecule has 0 spiro atoms. The van der Waals surface area contributed by atoms with Crippen molar-refractivity contribution in [3.05, 3.63) is 0 Å². The van der Waals surface area contributed by atoms with E-state index in [9.17, 15) is 0 Å². The van der Waals surface area contributed by atoms with E-state index in [1.165, 1.54) is 6.07 Å². The highest BCUT2D eigenvalue weighted by molar-refractivity contribution is 5.08. The fourth-order valence-electron chi connectivity index (χ4n) is 0. The Kier molecular flexibility index (Phi) is 1.56. The summed E-state index contributed by atoms with van der Waals surface area (Å²) >= 11 is 0. The molecule has 0 bridgehead atoms. The highest BCUT2D eigenvalue weighted by Gasteiger charge is 1.31. The molecule has 0 aliphatic rings. The number of nitrogens with zero attached hydrogens (tertiary/aromatic N) is 1. The van der Waals surface area contributed by atoms with Gasteiger partial charge in [-0.05, 0) is 0 Å². The molecule has 0 N–H and O–H groups in total. The molecule has 18 valence electrons. The van der Waals surface area contributed by atoms with Crippen LogP contribution in [0.15, 0.2) is 0 Å². The van der Waals surface area contributed by atoms with Gasteiger partial charge in [0, 0.05) is 5.92 Å². The van der Waals surface area contributed by atoms with Crippen LogP contribution in [0, 0.1) is 23.7 Å². The summed E-state index contributed by atoms with van der Waals surface area (Å²) in [5, 5.41) is 7.39. The molecule has 0 rings (SSSR count). The predicted octanol–water partition coefficient (Wildman–Crippen LogP) is 0.143. The van der Waals surface area contributed by atoms with Crippen LogP contribution in [0.25, 0.3) is 0 Å². The van der Waals surface area contributed by atoms with Gasteiger partial charge >= 0.3 is 0 Å². The molecule has 0 unspecified atom stereocenters. The van der Waals surface area contributed by atoms with Crippen molar-refractivity contribution in [2.75, 3.05) is 0 Å². The molecule has 0 aromatic carbocycles. The van der Waals surface area contributed by atoms with Crippen molar-refractivity contribution >= 4 is 0 Å². The molecule has 0 saturated carbocycles. The molecule has 0 saturated heterocycles. The Morgan fingerprint density at radius 1 is 1.75 bits per heavy atom. The molecule has 0 aromatic heterocycles. The van der Waals surface area contributed by atoms with Gasteiger partial charge in [0.1, 0.15) is 0 Å². The molecular weight excluding hydrogens is 52.0 g/mol. The third-order valence-electron chi connectivity index (χ3n) is 0.0645. The Morgan fingerprint density at radius 2 is 2.00 bits per heavy atom. The van der Waals surface area contributed by atoms with Crippen LogP contribution in [-0.4, -0.2) is 0 Å². The van der Waals surface area contributed by atoms with Crippen molar-refractivity contribution in [3.63, 3.8) is 0 Å². The van der Waals surface area contributed by atoms with Crippen molar-refractivity contribution < 1.29 is 0 Å². The van der Waals surface area contributed by atoms with E-state index >= 15 is 0 Å². The van der Waals surface area contributed by atoms with Gasteiger partial charge in [-0.2, -0.15) is 5.26 Å². The summed E-state index contributed by atoms with van der Waals surface area (Å²) in [5.74, 6) is 1.74. The van der Waals surface area contributed by atoms with Crippen LogP contribution in [0.1, 0.15) is 0 Å². The summed E-state index contributed by atoms with van der Waals surface area (Å²) in [6.45, 7) is 0. The maximum absolute atomic E-state index is 7.39. The van der Waals surface area contributed by atoms with Crippen LogP contribution in [0.5, 0.6) is 0 Å². The van der Waals surface area contributed by atoms with Crippen molar-refractivity contribution in [2.45, 2.75) is 0 Å². The minimum atomic E-state index is 1.46. The monoisotopic (exact) mass is 53.0 g/mol. The second kappa shape index (κ2) is 2.05. The van der Waals surface area contributed by atoms with Crippen LogP contribution < -0.4 is 0 Å². The minimum Gasteiger partial charge on any atom is -0.183 e. The molecular formula is C3HN. The fourth-order valence-corrected chi connectivity index (χ4v) is 0. The molecule has 0 heterocycles. The van der Waals surface area contributed by atoms with Crippen LogP contribution in [0.3, 0.4) is 0 Å². The average molecular weight is 53.0 g/mol. The maximum Gasteiger partial charge on any atom is 0.152 e. The molecule has 0 radical (unpaired) electrons. The molecule has 0 aliphatic heterocycles. The van der Waals surface area contributed by atoms with Gasteiger partial charge in [-0.15, -0.1) is 6.42 Å². The van der Waals surface area contributed by atoms with Crippen LogP contribution in [0.2, 0.25) is 0 Å². The van der Waals surface area contributed by atoms with Crippen LogP contribution >= 0.6 is 0 Å². The third-order valence-corrected chi connectivity index (χ3v) is 0.0645. The van der Waals surface area contributed by atoms with Crippen molar-refractivity contribution in [3.8, 4) is 18.4 Å². The van der Waals surface area contributed by atoms with Crippen molar-refractivity contribution in [1.29, 1.82) is 5.26 Å². The number of hydrogen-bond acceptors (Lipinski definition) is 1. The Bertz CT molecular complexity index is 58.3. The zero-order valence-corrected chi connectivity index (χ0v) is 2.02. The zero-order chi connectivity index (χ0) is 3.41. The molecule has 0 atom stereocenters. The quantitative estimate of drug-likeness (QED) is 0.284. The van der Waals surface area contributed by atoms with E-state index in [2.05, 4.69) is 6.42 Å². The van der Waals surface area contributed by atoms with Gasteiger partial charge < -0.3 is 0 Å². The first-order valence-corrected chi connectivity index (χ1v) is 0.762. The first-order valence-electron chi connectivity index (χ1n) is 0.762. The smallest absolute Gasteiger partial charge is 0.152 e. The highest BCUT2D eigenvalue weighted by atomic mass is 14.4. The van der Waals surface area contributed by atoms with Crippen molar-refractivity contribution in [2.24, 2.45) is 0 Å². The van der Waals surface area contributed by atoms with Gasteiger partial charge in [0.2, 0.25) is 0 Å². The van der Waals surface area contributed by atoms with Crippen LogP contribution in [-0.2, 0) is 0 Å². The normalized spacial score (nSPS) is 2.50. The number of terminal acetylenes is 1. The Morgan fingerprint density at radius 3 is 2.00 bits per heavy atom. The molecule has 0 fully saturated rings. The SMILES string of the molecule is [13CH]#C[13C]#N. The Balaban J connectivity index is 3.14. The van der Waals surface area contributed by atoms with Crippen LogP contribution in [0.4, 0.5) is 0 Å². The first kappa shape index (κ1) is 3.05. The second-order valence-corrected chi connectivity index (χ2v) is 0.256. The lowest BCUT2D eigenvalue weighted by atomic mass is 11.2. The zero-order valence-electron chi connectivity index (χ0n) is 2.02.